The molecule has 1 saturated heterocycles. The highest BCUT2D eigenvalue weighted by atomic mass is 16.1. The van der Waals surface area contributed by atoms with Crippen molar-refractivity contribution >= 4 is 11.5 Å². The molecule has 1 aliphatic heterocycles. The highest BCUT2D eigenvalue weighted by Gasteiger charge is 2.20. The van der Waals surface area contributed by atoms with Crippen LogP contribution in [0.2, 0.25) is 0 Å². The average molecular weight is 259 g/mol. The lowest BCUT2D eigenvalue weighted by Gasteiger charge is -2.34. The van der Waals surface area contributed by atoms with Gasteiger partial charge in [0.05, 0.1) is 0 Å². The second-order valence-corrected chi connectivity index (χ2v) is 6.16. The van der Waals surface area contributed by atoms with Gasteiger partial charge in [0.25, 0.3) is 0 Å². The standard InChI is InChI=1S/C17H25NO/c1-13(2)12-15-8-10-18(11-9-15)17-6-4-16(5-7-17)14(3)19/h4-7,13,15H,8-12H2,1-3H3. The van der Waals surface area contributed by atoms with Gasteiger partial charge in [0.1, 0.15) is 0 Å². The summed E-state index contributed by atoms with van der Waals surface area (Å²) in [5.41, 5.74) is 2.06. The Kier molecular flexibility index (Phi) is 4.62. The molecule has 2 nitrogen and oxygen atoms in total. The number of carbonyl (C=O) groups is 1. The number of hydrogen-bond donors (Lipinski definition) is 0. The first-order chi connectivity index (χ1) is 9.06. The highest BCUT2D eigenvalue weighted by Crippen LogP contribution is 2.27. The topological polar surface area (TPSA) is 20.3 Å². The summed E-state index contributed by atoms with van der Waals surface area (Å²) in [5.74, 6) is 1.85. The second-order valence-electron chi connectivity index (χ2n) is 6.16. The van der Waals surface area contributed by atoms with Gasteiger partial charge >= 0.3 is 0 Å². The molecule has 2 heteroatoms. The van der Waals surface area contributed by atoms with Crippen molar-refractivity contribution < 1.29 is 4.79 Å². The van der Waals surface area contributed by atoms with Crippen molar-refractivity contribution in [1.29, 1.82) is 0 Å². The van der Waals surface area contributed by atoms with E-state index in [2.05, 4.69) is 30.9 Å². The van der Waals surface area contributed by atoms with Crippen LogP contribution in [0.15, 0.2) is 24.3 Å². The normalized spacial score (nSPS) is 16.9. The van der Waals surface area contributed by atoms with E-state index >= 15 is 0 Å². The summed E-state index contributed by atoms with van der Waals surface area (Å²) in [4.78, 5) is 13.7. The van der Waals surface area contributed by atoms with Crippen molar-refractivity contribution in [2.45, 2.75) is 40.0 Å². The summed E-state index contributed by atoms with van der Waals surface area (Å²) in [5, 5.41) is 0. The first-order valence-electron chi connectivity index (χ1n) is 7.42. The number of nitrogens with zero attached hydrogens (tertiary/aromatic N) is 1. The number of carbonyl (C=O) groups excluding carboxylic acids is 1. The molecule has 0 bridgehead atoms. The lowest BCUT2D eigenvalue weighted by Crippen LogP contribution is -2.34. The molecular formula is C17H25NO. The Morgan fingerprint density at radius 1 is 1.21 bits per heavy atom. The zero-order valence-electron chi connectivity index (χ0n) is 12.4. The smallest absolute Gasteiger partial charge is 0.159 e. The monoisotopic (exact) mass is 259 g/mol. The molecular weight excluding hydrogens is 234 g/mol. The van der Waals surface area contributed by atoms with Crippen LogP contribution in [0, 0.1) is 11.8 Å². The fraction of sp³-hybridized carbons (Fsp3) is 0.588. The Labute approximate surface area is 116 Å². The molecule has 0 radical (unpaired) electrons. The van der Waals surface area contributed by atoms with Crippen LogP contribution in [-0.2, 0) is 0 Å². The minimum atomic E-state index is 0.141. The van der Waals surface area contributed by atoms with Gasteiger partial charge in [-0.15, -0.1) is 0 Å². The minimum absolute atomic E-state index is 0.141. The first kappa shape index (κ1) is 14.1. The largest absolute Gasteiger partial charge is 0.372 e. The van der Waals surface area contributed by atoms with Crippen LogP contribution in [0.25, 0.3) is 0 Å². The summed E-state index contributed by atoms with van der Waals surface area (Å²) in [6.07, 6.45) is 3.95. The molecule has 0 aromatic heterocycles. The number of hydrogen-bond acceptors (Lipinski definition) is 2. The van der Waals surface area contributed by atoms with Gasteiger partial charge in [0, 0.05) is 24.3 Å². The fourth-order valence-corrected chi connectivity index (χ4v) is 3.00. The van der Waals surface area contributed by atoms with E-state index in [-0.39, 0.29) is 5.78 Å². The minimum Gasteiger partial charge on any atom is -0.372 e. The number of Topliss-reactive ketones (excluding diaryl/α,β-unsaturated/α-hetero) is 1. The molecule has 2 rings (SSSR count). The van der Waals surface area contributed by atoms with Crippen LogP contribution in [0.4, 0.5) is 5.69 Å². The van der Waals surface area contributed by atoms with E-state index < -0.39 is 0 Å². The second kappa shape index (κ2) is 6.23. The number of anilines is 1. The number of benzene rings is 1. The molecule has 0 unspecified atom stereocenters. The summed E-state index contributed by atoms with van der Waals surface area (Å²) in [6, 6.07) is 8.05. The van der Waals surface area contributed by atoms with Crippen molar-refractivity contribution in [2.24, 2.45) is 11.8 Å². The van der Waals surface area contributed by atoms with E-state index in [0.717, 1.165) is 30.5 Å². The third-order valence-corrected chi connectivity index (χ3v) is 4.06. The maximum Gasteiger partial charge on any atom is 0.159 e. The molecule has 19 heavy (non-hydrogen) atoms. The van der Waals surface area contributed by atoms with Gasteiger partial charge in [0.15, 0.2) is 5.78 Å². The molecule has 0 N–H and O–H groups in total. The van der Waals surface area contributed by atoms with Crippen molar-refractivity contribution in [3.05, 3.63) is 29.8 Å². The Balaban J connectivity index is 1.92. The third-order valence-electron chi connectivity index (χ3n) is 4.06. The molecule has 0 aliphatic carbocycles. The fourth-order valence-electron chi connectivity index (χ4n) is 3.00. The zero-order chi connectivity index (χ0) is 13.8. The molecule has 1 aromatic carbocycles. The van der Waals surface area contributed by atoms with Gasteiger partial charge in [-0.1, -0.05) is 13.8 Å². The third kappa shape index (κ3) is 3.82. The van der Waals surface area contributed by atoms with Crippen molar-refractivity contribution in [3.8, 4) is 0 Å². The molecule has 0 saturated carbocycles. The molecule has 1 heterocycles. The van der Waals surface area contributed by atoms with Gasteiger partial charge in [-0.3, -0.25) is 4.79 Å². The number of piperidine rings is 1. The van der Waals surface area contributed by atoms with E-state index in [9.17, 15) is 4.79 Å². The molecule has 1 aliphatic rings. The van der Waals surface area contributed by atoms with E-state index in [1.807, 2.05) is 12.1 Å². The summed E-state index contributed by atoms with van der Waals surface area (Å²) < 4.78 is 0. The van der Waals surface area contributed by atoms with Crippen LogP contribution in [-0.4, -0.2) is 18.9 Å². The number of ketones is 1. The maximum atomic E-state index is 11.3. The lowest BCUT2D eigenvalue weighted by molar-refractivity contribution is 0.101. The van der Waals surface area contributed by atoms with Gasteiger partial charge in [0.2, 0.25) is 0 Å². The van der Waals surface area contributed by atoms with E-state index in [1.165, 1.54) is 24.9 Å². The van der Waals surface area contributed by atoms with Crippen LogP contribution >= 0.6 is 0 Å². The maximum absolute atomic E-state index is 11.3. The van der Waals surface area contributed by atoms with E-state index in [0.29, 0.717) is 0 Å². The molecule has 0 spiro atoms. The molecule has 0 amide bonds. The van der Waals surface area contributed by atoms with Gasteiger partial charge < -0.3 is 4.90 Å². The Hall–Kier alpha value is -1.31. The zero-order valence-corrected chi connectivity index (χ0v) is 12.4. The summed E-state index contributed by atoms with van der Waals surface area (Å²) >= 11 is 0. The molecule has 104 valence electrons. The Bertz CT molecular complexity index is 413. The van der Waals surface area contributed by atoms with Crippen molar-refractivity contribution in [1.82, 2.24) is 0 Å². The Morgan fingerprint density at radius 3 is 2.26 bits per heavy atom. The Morgan fingerprint density at radius 2 is 1.79 bits per heavy atom. The molecule has 1 aromatic rings. The first-order valence-corrected chi connectivity index (χ1v) is 7.42. The van der Waals surface area contributed by atoms with Gasteiger partial charge in [-0.25, -0.2) is 0 Å². The lowest BCUT2D eigenvalue weighted by atomic mass is 9.88. The van der Waals surface area contributed by atoms with Crippen LogP contribution in [0.1, 0.15) is 50.4 Å². The quantitative estimate of drug-likeness (QED) is 0.757. The van der Waals surface area contributed by atoms with Crippen LogP contribution in [0.5, 0.6) is 0 Å². The van der Waals surface area contributed by atoms with E-state index in [1.54, 1.807) is 6.92 Å². The van der Waals surface area contributed by atoms with Gasteiger partial charge in [-0.2, -0.15) is 0 Å². The van der Waals surface area contributed by atoms with Crippen LogP contribution in [0.3, 0.4) is 0 Å². The summed E-state index contributed by atoms with van der Waals surface area (Å²) in [6.45, 7) is 8.54. The SMILES string of the molecule is CC(=O)c1ccc(N2CCC(CC(C)C)CC2)cc1. The average Bonchev–Trinajstić information content (AvgIpc) is 2.39. The molecule has 1 fully saturated rings. The number of rotatable bonds is 4. The van der Waals surface area contributed by atoms with Crippen molar-refractivity contribution in [3.63, 3.8) is 0 Å². The highest BCUT2D eigenvalue weighted by molar-refractivity contribution is 5.94. The molecule has 0 atom stereocenters. The summed E-state index contributed by atoms with van der Waals surface area (Å²) in [7, 11) is 0. The van der Waals surface area contributed by atoms with Gasteiger partial charge in [-0.05, 0) is 62.3 Å². The predicted octanol–water partition coefficient (Wildman–Crippen LogP) is 4.15. The van der Waals surface area contributed by atoms with Crippen molar-refractivity contribution in [2.75, 3.05) is 18.0 Å². The van der Waals surface area contributed by atoms with Crippen LogP contribution < -0.4 is 4.90 Å². The van der Waals surface area contributed by atoms with E-state index in [4.69, 9.17) is 0 Å². The predicted molar refractivity (Wildman–Crippen MR) is 80.8 cm³/mol.